The van der Waals surface area contributed by atoms with Crippen LogP contribution in [0, 0.1) is 0 Å². The van der Waals surface area contributed by atoms with Crippen LogP contribution in [-0.2, 0) is 5.41 Å². The van der Waals surface area contributed by atoms with Crippen LogP contribution in [0.25, 0.3) is 11.3 Å². The van der Waals surface area contributed by atoms with Crippen molar-refractivity contribution < 1.29 is 19.2 Å². The average Bonchev–Trinajstić information content (AvgIpc) is 2.83. The third-order valence-electron chi connectivity index (χ3n) is 2.93. The highest BCUT2D eigenvalue weighted by Crippen LogP contribution is 2.34. The first-order valence-corrected chi connectivity index (χ1v) is 6.22. The maximum atomic E-state index is 11.5. The molecule has 0 saturated heterocycles. The lowest BCUT2D eigenvalue weighted by Crippen LogP contribution is -2.15. The van der Waals surface area contributed by atoms with E-state index in [1.165, 1.54) is 0 Å². The number of nitrogens with zero attached hydrogens (tertiary/aromatic N) is 1. The fourth-order valence-corrected chi connectivity index (χ4v) is 1.97. The minimum Gasteiger partial charge on any atom is -0.497 e. The van der Waals surface area contributed by atoms with Crippen LogP contribution in [0.2, 0.25) is 0 Å². The highest BCUT2D eigenvalue weighted by molar-refractivity contribution is 5.96. The number of carbonyl (C=O) groups is 1. The van der Waals surface area contributed by atoms with E-state index in [0.717, 1.165) is 0 Å². The molecule has 5 nitrogen and oxygen atoms in total. The number of carboxylic acids is 1. The molecule has 0 radical (unpaired) electrons. The van der Waals surface area contributed by atoms with E-state index in [1.54, 1.807) is 31.4 Å². The van der Waals surface area contributed by atoms with Crippen LogP contribution in [0.1, 0.15) is 36.9 Å². The van der Waals surface area contributed by atoms with E-state index in [2.05, 4.69) is 5.16 Å². The summed E-state index contributed by atoms with van der Waals surface area (Å²) in [5.74, 6) is -0.0454. The first-order chi connectivity index (χ1) is 9.34. The monoisotopic (exact) mass is 275 g/mol. The van der Waals surface area contributed by atoms with Gasteiger partial charge >= 0.3 is 5.97 Å². The summed E-state index contributed by atoms with van der Waals surface area (Å²) in [6, 6.07) is 7.08. The quantitative estimate of drug-likeness (QED) is 0.930. The zero-order valence-electron chi connectivity index (χ0n) is 11.9. The molecule has 0 aliphatic rings. The van der Waals surface area contributed by atoms with Crippen LogP contribution in [0.15, 0.2) is 28.8 Å². The van der Waals surface area contributed by atoms with Gasteiger partial charge in [-0.15, -0.1) is 0 Å². The number of aromatic carboxylic acids is 1. The molecule has 0 amide bonds. The SMILES string of the molecule is COc1cccc(-c2noc(C(C)(C)C)c2C(=O)O)c1. The summed E-state index contributed by atoms with van der Waals surface area (Å²) in [5, 5.41) is 13.4. The first-order valence-electron chi connectivity index (χ1n) is 6.22. The smallest absolute Gasteiger partial charge is 0.341 e. The van der Waals surface area contributed by atoms with Crippen molar-refractivity contribution in [2.75, 3.05) is 7.11 Å². The minimum atomic E-state index is -1.05. The van der Waals surface area contributed by atoms with Gasteiger partial charge in [-0.3, -0.25) is 0 Å². The lowest BCUT2D eigenvalue weighted by Gasteiger charge is -2.14. The number of carboxylic acid groups (broad SMARTS) is 1. The number of hydrogen-bond acceptors (Lipinski definition) is 4. The van der Waals surface area contributed by atoms with Gasteiger partial charge in [0, 0.05) is 11.0 Å². The van der Waals surface area contributed by atoms with Gasteiger partial charge in [0.15, 0.2) is 5.76 Å². The molecule has 20 heavy (non-hydrogen) atoms. The van der Waals surface area contributed by atoms with Gasteiger partial charge in [0.1, 0.15) is 17.0 Å². The van der Waals surface area contributed by atoms with Crippen molar-refractivity contribution in [3.63, 3.8) is 0 Å². The molecule has 1 heterocycles. The van der Waals surface area contributed by atoms with Gasteiger partial charge in [-0.1, -0.05) is 38.1 Å². The highest BCUT2D eigenvalue weighted by atomic mass is 16.5. The van der Waals surface area contributed by atoms with Crippen molar-refractivity contribution in [2.45, 2.75) is 26.2 Å². The fraction of sp³-hybridized carbons (Fsp3) is 0.333. The normalized spacial score (nSPS) is 11.4. The van der Waals surface area contributed by atoms with Crippen LogP contribution >= 0.6 is 0 Å². The standard InChI is InChI=1S/C15H17NO4/c1-15(2,3)13-11(14(17)18)12(16-20-13)9-6-5-7-10(8-9)19-4/h5-8H,1-4H3,(H,17,18). The van der Waals surface area contributed by atoms with E-state index in [1.807, 2.05) is 20.8 Å². The third-order valence-corrected chi connectivity index (χ3v) is 2.93. The van der Waals surface area contributed by atoms with Gasteiger partial charge in [-0.2, -0.15) is 0 Å². The van der Waals surface area contributed by atoms with Crippen LogP contribution < -0.4 is 4.74 Å². The predicted molar refractivity (Wildman–Crippen MR) is 74.2 cm³/mol. The molecule has 2 aromatic rings. The minimum absolute atomic E-state index is 0.103. The number of methoxy groups -OCH3 is 1. The molecule has 5 heteroatoms. The van der Waals surface area contributed by atoms with E-state index in [9.17, 15) is 9.90 Å². The zero-order valence-corrected chi connectivity index (χ0v) is 11.9. The Morgan fingerprint density at radius 2 is 2.05 bits per heavy atom. The Labute approximate surface area is 117 Å². The van der Waals surface area contributed by atoms with Gasteiger partial charge in [0.05, 0.1) is 7.11 Å². The molecule has 106 valence electrons. The summed E-state index contributed by atoms with van der Waals surface area (Å²) >= 11 is 0. The first kappa shape index (κ1) is 14.1. The number of ether oxygens (including phenoxy) is 1. The van der Waals surface area contributed by atoms with E-state index >= 15 is 0 Å². The molecule has 0 spiro atoms. The van der Waals surface area contributed by atoms with E-state index in [4.69, 9.17) is 9.26 Å². The summed E-state index contributed by atoms with van der Waals surface area (Å²) in [6.07, 6.45) is 0. The summed E-state index contributed by atoms with van der Waals surface area (Å²) in [6.45, 7) is 5.65. The summed E-state index contributed by atoms with van der Waals surface area (Å²) in [4.78, 5) is 11.5. The lowest BCUT2D eigenvalue weighted by atomic mass is 9.89. The molecule has 1 aromatic heterocycles. The number of benzene rings is 1. The molecule has 0 bridgehead atoms. The third kappa shape index (κ3) is 2.52. The Kier molecular flexibility index (Phi) is 3.53. The van der Waals surface area contributed by atoms with Crippen molar-refractivity contribution in [3.05, 3.63) is 35.6 Å². The summed E-state index contributed by atoms with van der Waals surface area (Å²) in [5.41, 5.74) is 0.644. The molecule has 2 rings (SSSR count). The lowest BCUT2D eigenvalue weighted by molar-refractivity contribution is 0.0693. The largest absolute Gasteiger partial charge is 0.497 e. The topological polar surface area (TPSA) is 72.6 Å². The van der Waals surface area contributed by atoms with Gasteiger partial charge in [-0.05, 0) is 12.1 Å². The number of aromatic nitrogens is 1. The second-order valence-corrected chi connectivity index (χ2v) is 5.52. The fourth-order valence-electron chi connectivity index (χ4n) is 1.97. The van der Waals surface area contributed by atoms with E-state index in [0.29, 0.717) is 22.8 Å². The van der Waals surface area contributed by atoms with Gasteiger partial charge < -0.3 is 14.4 Å². The van der Waals surface area contributed by atoms with Gasteiger partial charge in [-0.25, -0.2) is 4.79 Å². The zero-order chi connectivity index (χ0) is 14.9. The molecule has 1 aromatic carbocycles. The van der Waals surface area contributed by atoms with Crippen LogP contribution in [0.4, 0.5) is 0 Å². The maximum Gasteiger partial charge on any atom is 0.341 e. The van der Waals surface area contributed by atoms with Crippen LogP contribution in [0.3, 0.4) is 0 Å². The molecule has 1 N–H and O–H groups in total. The molecule has 0 atom stereocenters. The molecular formula is C15H17NO4. The highest BCUT2D eigenvalue weighted by Gasteiger charge is 2.31. The molecule has 0 saturated carbocycles. The van der Waals surface area contributed by atoms with Gasteiger partial charge in [0.2, 0.25) is 0 Å². The molecule has 0 unspecified atom stereocenters. The molecule has 0 aliphatic heterocycles. The number of hydrogen-bond donors (Lipinski definition) is 1. The summed E-state index contributed by atoms with van der Waals surface area (Å²) < 4.78 is 10.4. The Bertz CT molecular complexity index is 638. The van der Waals surface area contributed by atoms with Crippen molar-refractivity contribution in [3.8, 4) is 17.0 Å². The Hall–Kier alpha value is -2.30. The maximum absolute atomic E-state index is 11.5. The predicted octanol–water partition coefficient (Wildman–Crippen LogP) is 3.35. The average molecular weight is 275 g/mol. The van der Waals surface area contributed by atoms with Crippen molar-refractivity contribution >= 4 is 5.97 Å². The van der Waals surface area contributed by atoms with Crippen molar-refractivity contribution in [1.29, 1.82) is 0 Å². The Balaban J connectivity index is 2.63. The molecule has 0 aliphatic carbocycles. The van der Waals surface area contributed by atoms with Crippen LogP contribution in [0.5, 0.6) is 5.75 Å². The van der Waals surface area contributed by atoms with Crippen LogP contribution in [-0.4, -0.2) is 23.3 Å². The molecular weight excluding hydrogens is 258 g/mol. The second-order valence-electron chi connectivity index (χ2n) is 5.52. The van der Waals surface area contributed by atoms with Crippen molar-refractivity contribution in [1.82, 2.24) is 5.16 Å². The Morgan fingerprint density at radius 3 is 2.60 bits per heavy atom. The van der Waals surface area contributed by atoms with E-state index in [-0.39, 0.29) is 5.56 Å². The Morgan fingerprint density at radius 1 is 1.35 bits per heavy atom. The van der Waals surface area contributed by atoms with E-state index < -0.39 is 11.4 Å². The number of rotatable bonds is 3. The second kappa shape index (κ2) is 5.00. The molecule has 0 fully saturated rings. The van der Waals surface area contributed by atoms with Gasteiger partial charge in [0.25, 0.3) is 0 Å². The summed E-state index contributed by atoms with van der Waals surface area (Å²) in [7, 11) is 1.56. The van der Waals surface area contributed by atoms with Crippen molar-refractivity contribution in [2.24, 2.45) is 0 Å².